The quantitative estimate of drug-likeness (QED) is 0.766. The van der Waals surface area contributed by atoms with E-state index in [0.717, 1.165) is 11.3 Å². The molecule has 118 valence electrons. The Labute approximate surface area is 137 Å². The SMILES string of the molecule is Cc1cc(C(=O)N[C@@H](C)c2noc(-c3ccc(Cl)cc3)n2)n[nH]1. The van der Waals surface area contributed by atoms with Gasteiger partial charge >= 0.3 is 0 Å². The van der Waals surface area contributed by atoms with Crippen molar-refractivity contribution in [1.82, 2.24) is 25.7 Å². The van der Waals surface area contributed by atoms with Gasteiger partial charge < -0.3 is 9.84 Å². The Morgan fingerprint density at radius 2 is 2.09 bits per heavy atom. The van der Waals surface area contributed by atoms with Gasteiger partial charge in [0.05, 0.1) is 6.04 Å². The Balaban J connectivity index is 1.72. The van der Waals surface area contributed by atoms with Crippen LogP contribution in [0.2, 0.25) is 5.02 Å². The van der Waals surface area contributed by atoms with Gasteiger partial charge in [-0.3, -0.25) is 9.89 Å². The van der Waals surface area contributed by atoms with Gasteiger partial charge in [-0.1, -0.05) is 16.8 Å². The average molecular weight is 332 g/mol. The van der Waals surface area contributed by atoms with Crippen LogP contribution in [0, 0.1) is 6.92 Å². The second-order valence-electron chi connectivity index (χ2n) is 5.10. The maximum absolute atomic E-state index is 12.1. The molecule has 2 aromatic heterocycles. The highest BCUT2D eigenvalue weighted by Crippen LogP contribution is 2.21. The summed E-state index contributed by atoms with van der Waals surface area (Å²) in [5.74, 6) is 0.448. The zero-order valence-electron chi connectivity index (χ0n) is 12.5. The van der Waals surface area contributed by atoms with Crippen molar-refractivity contribution in [2.24, 2.45) is 0 Å². The Kier molecular flexibility index (Phi) is 4.12. The summed E-state index contributed by atoms with van der Waals surface area (Å²) >= 11 is 5.85. The smallest absolute Gasteiger partial charge is 0.272 e. The Morgan fingerprint density at radius 3 is 2.74 bits per heavy atom. The number of carbonyl (C=O) groups is 1. The Hall–Kier alpha value is -2.67. The Morgan fingerprint density at radius 1 is 1.35 bits per heavy atom. The molecule has 0 aliphatic heterocycles. The standard InChI is InChI=1S/C15H14ClN5O2/c1-8-7-12(20-19-8)14(22)17-9(2)13-18-15(23-21-13)10-3-5-11(16)6-4-10/h3-7,9H,1-2H3,(H,17,22)(H,19,20)/t9-/m0/s1. The molecule has 0 spiro atoms. The van der Waals surface area contributed by atoms with E-state index in [0.29, 0.717) is 22.4 Å². The number of H-pyrrole nitrogens is 1. The van der Waals surface area contributed by atoms with Gasteiger partial charge in [-0.15, -0.1) is 0 Å². The van der Waals surface area contributed by atoms with Crippen molar-refractivity contribution in [2.75, 3.05) is 0 Å². The molecule has 1 aromatic carbocycles. The second-order valence-corrected chi connectivity index (χ2v) is 5.53. The van der Waals surface area contributed by atoms with E-state index in [1.54, 1.807) is 37.3 Å². The molecule has 8 heteroatoms. The second kappa shape index (κ2) is 6.21. The van der Waals surface area contributed by atoms with Crippen molar-refractivity contribution >= 4 is 17.5 Å². The van der Waals surface area contributed by atoms with Crippen LogP contribution >= 0.6 is 11.6 Å². The molecule has 0 saturated heterocycles. The van der Waals surface area contributed by atoms with Crippen LogP contribution in [0.15, 0.2) is 34.9 Å². The van der Waals surface area contributed by atoms with Gasteiger partial charge in [-0.2, -0.15) is 10.1 Å². The number of amides is 1. The molecular formula is C15H14ClN5O2. The molecule has 23 heavy (non-hydrogen) atoms. The van der Waals surface area contributed by atoms with E-state index in [1.165, 1.54) is 0 Å². The van der Waals surface area contributed by atoms with Crippen molar-refractivity contribution in [3.05, 3.63) is 52.6 Å². The number of aryl methyl sites for hydroxylation is 1. The third-order valence-electron chi connectivity index (χ3n) is 3.21. The summed E-state index contributed by atoms with van der Waals surface area (Å²) in [6.07, 6.45) is 0. The summed E-state index contributed by atoms with van der Waals surface area (Å²) in [5.41, 5.74) is 1.89. The number of aromatic nitrogens is 4. The fraction of sp³-hybridized carbons (Fsp3) is 0.200. The van der Waals surface area contributed by atoms with Crippen molar-refractivity contribution < 1.29 is 9.32 Å². The van der Waals surface area contributed by atoms with E-state index in [1.807, 2.05) is 6.92 Å². The maximum atomic E-state index is 12.1. The lowest BCUT2D eigenvalue weighted by atomic mass is 10.2. The van der Waals surface area contributed by atoms with Crippen LogP contribution in [0.1, 0.15) is 35.0 Å². The van der Waals surface area contributed by atoms with Gasteiger partial charge in [0.1, 0.15) is 5.69 Å². The third-order valence-corrected chi connectivity index (χ3v) is 3.46. The fourth-order valence-corrected chi connectivity index (χ4v) is 2.12. The largest absolute Gasteiger partial charge is 0.341 e. The number of hydrogen-bond donors (Lipinski definition) is 2. The van der Waals surface area contributed by atoms with Crippen molar-refractivity contribution in [3.63, 3.8) is 0 Å². The number of nitrogens with zero attached hydrogens (tertiary/aromatic N) is 3. The average Bonchev–Trinajstić information content (AvgIpc) is 3.17. The van der Waals surface area contributed by atoms with Gasteiger partial charge in [0, 0.05) is 16.3 Å². The van der Waals surface area contributed by atoms with Crippen molar-refractivity contribution in [2.45, 2.75) is 19.9 Å². The van der Waals surface area contributed by atoms with Gasteiger partial charge in [-0.25, -0.2) is 0 Å². The fourth-order valence-electron chi connectivity index (χ4n) is 1.99. The van der Waals surface area contributed by atoms with Crippen LogP contribution in [-0.2, 0) is 0 Å². The molecule has 0 aliphatic rings. The van der Waals surface area contributed by atoms with Gasteiger partial charge in [0.2, 0.25) is 0 Å². The molecule has 0 unspecified atom stereocenters. The number of aromatic amines is 1. The van der Waals surface area contributed by atoms with Crippen LogP contribution < -0.4 is 5.32 Å². The van der Waals surface area contributed by atoms with E-state index in [-0.39, 0.29) is 5.91 Å². The lowest BCUT2D eigenvalue weighted by molar-refractivity contribution is 0.0933. The molecular weight excluding hydrogens is 318 g/mol. The number of carbonyl (C=O) groups excluding carboxylic acids is 1. The molecule has 3 aromatic rings. The minimum atomic E-state index is -0.413. The van der Waals surface area contributed by atoms with Crippen LogP contribution in [-0.4, -0.2) is 26.2 Å². The van der Waals surface area contributed by atoms with E-state index < -0.39 is 6.04 Å². The topological polar surface area (TPSA) is 96.7 Å². The Bertz CT molecular complexity index is 825. The molecule has 2 N–H and O–H groups in total. The molecule has 3 rings (SSSR count). The number of nitrogens with one attached hydrogen (secondary N) is 2. The number of benzene rings is 1. The van der Waals surface area contributed by atoms with E-state index in [4.69, 9.17) is 16.1 Å². The zero-order chi connectivity index (χ0) is 16.4. The number of rotatable bonds is 4. The lowest BCUT2D eigenvalue weighted by Crippen LogP contribution is -2.27. The van der Waals surface area contributed by atoms with E-state index >= 15 is 0 Å². The minimum Gasteiger partial charge on any atom is -0.341 e. The molecule has 1 atom stereocenters. The molecule has 1 amide bonds. The predicted molar refractivity (Wildman–Crippen MR) is 83.9 cm³/mol. The molecule has 0 aliphatic carbocycles. The summed E-state index contributed by atoms with van der Waals surface area (Å²) < 4.78 is 5.23. The van der Waals surface area contributed by atoms with Crippen molar-refractivity contribution in [1.29, 1.82) is 0 Å². The van der Waals surface area contributed by atoms with E-state index in [2.05, 4.69) is 25.7 Å². The first-order valence-corrected chi connectivity index (χ1v) is 7.33. The maximum Gasteiger partial charge on any atom is 0.272 e. The highest BCUT2D eigenvalue weighted by atomic mass is 35.5. The summed E-state index contributed by atoms with van der Waals surface area (Å²) in [5, 5.41) is 13.9. The summed E-state index contributed by atoms with van der Waals surface area (Å²) in [6.45, 7) is 3.60. The first kappa shape index (κ1) is 15.2. The highest BCUT2D eigenvalue weighted by molar-refractivity contribution is 6.30. The molecule has 7 nitrogen and oxygen atoms in total. The van der Waals surface area contributed by atoms with Crippen molar-refractivity contribution in [3.8, 4) is 11.5 Å². The lowest BCUT2D eigenvalue weighted by Gasteiger charge is -2.07. The molecule has 0 fully saturated rings. The van der Waals surface area contributed by atoms with Crippen LogP contribution in [0.3, 0.4) is 0 Å². The number of hydrogen-bond acceptors (Lipinski definition) is 5. The van der Waals surface area contributed by atoms with Crippen LogP contribution in [0.25, 0.3) is 11.5 Å². The van der Waals surface area contributed by atoms with E-state index in [9.17, 15) is 4.79 Å². The van der Waals surface area contributed by atoms with Gasteiger partial charge in [-0.05, 0) is 44.2 Å². The van der Waals surface area contributed by atoms with Crippen LogP contribution in [0.4, 0.5) is 0 Å². The molecule has 2 heterocycles. The summed E-state index contributed by atoms with van der Waals surface area (Å²) in [7, 11) is 0. The third kappa shape index (κ3) is 3.40. The molecule has 0 bridgehead atoms. The first-order valence-electron chi connectivity index (χ1n) is 6.95. The first-order chi connectivity index (χ1) is 11.0. The highest BCUT2D eigenvalue weighted by Gasteiger charge is 2.19. The van der Waals surface area contributed by atoms with Crippen LogP contribution in [0.5, 0.6) is 0 Å². The molecule has 0 radical (unpaired) electrons. The predicted octanol–water partition coefficient (Wildman–Crippen LogP) is 2.91. The molecule has 0 saturated carbocycles. The van der Waals surface area contributed by atoms with Gasteiger partial charge in [0.25, 0.3) is 11.8 Å². The monoisotopic (exact) mass is 331 g/mol. The van der Waals surface area contributed by atoms with Gasteiger partial charge in [0.15, 0.2) is 5.82 Å². The summed E-state index contributed by atoms with van der Waals surface area (Å²) in [4.78, 5) is 16.4. The normalized spacial score (nSPS) is 12.1. The minimum absolute atomic E-state index is 0.306. The zero-order valence-corrected chi connectivity index (χ0v) is 13.3. The number of halogens is 1. The summed E-state index contributed by atoms with van der Waals surface area (Å²) in [6, 6.07) is 8.31.